The van der Waals surface area contributed by atoms with Crippen LogP contribution in [0.25, 0.3) is 0 Å². The van der Waals surface area contributed by atoms with Crippen molar-refractivity contribution in [2.24, 2.45) is 0 Å². The molecule has 0 saturated heterocycles. The Kier molecular flexibility index (Phi) is 38.0. The predicted octanol–water partition coefficient (Wildman–Crippen LogP) is 36.3. The van der Waals surface area contributed by atoms with Crippen molar-refractivity contribution in [3.05, 3.63) is 246 Å². The van der Waals surface area contributed by atoms with Gasteiger partial charge < -0.3 is 0 Å². The van der Waals surface area contributed by atoms with Gasteiger partial charge in [-0.15, -0.1) is 0 Å². The minimum atomic E-state index is -0.555. The molecule has 0 aliphatic heterocycles. The number of hydrogen-bond donors (Lipinski definition) is 0. The van der Waals surface area contributed by atoms with Crippen molar-refractivity contribution < 1.29 is 4.11 Å². The first-order valence-corrected chi connectivity index (χ1v) is 44.9. The Labute approximate surface area is 716 Å². The highest BCUT2D eigenvalue weighted by Gasteiger charge is 2.32. The standard InChI is InChI=1S/C20H34.2C18H30.2C15H24.2C14H22/c1-8-15(9-2)17-13-12-14-18(16(10-3)11-4)19(17)20(5,6)7;1-16(2,3)13-10-14(17(4,5)6)12-15(11-13)18(7,8)9;1-16(2,3)13-10-11-14(17(4,5)6)15(12-13)18(7,8)9;2*1-6-12(7-2)13-10-8-9-11-14(13)15(3,4)5;1-13(2,3)11-7-9-12(10-8-11)14(4,5)6;1-13(2,3)11-9-7-8-10-12(11)14(4,5)6/h12-16H,8-11H2,1-7H3;2*10-12H,1-9H3;2*8-12H,6-7H2,1-5H3;2*7-10H,1-6H3/i15D,16D;;;12D;;;. The van der Waals surface area contributed by atoms with Gasteiger partial charge in [0, 0.05) is 4.11 Å². The van der Waals surface area contributed by atoms with Gasteiger partial charge in [0.2, 0.25) is 0 Å². The quantitative estimate of drug-likeness (QED) is 0.114. The van der Waals surface area contributed by atoms with Gasteiger partial charge in [-0.3, -0.25) is 0 Å². The Bertz CT molecular complexity index is 3890. The highest BCUT2D eigenvalue weighted by molar-refractivity contribution is 5.46. The Morgan fingerprint density at radius 2 is 0.404 bits per heavy atom. The zero-order valence-electron chi connectivity index (χ0n) is 87.2. The third-order valence-corrected chi connectivity index (χ3v) is 22.6. The lowest BCUT2D eigenvalue weighted by Crippen LogP contribution is -2.23. The minimum absolute atomic E-state index is 0.0563. The summed E-state index contributed by atoms with van der Waals surface area (Å²) in [7, 11) is 0. The second-order valence-electron chi connectivity index (χ2n) is 46.2. The van der Waals surface area contributed by atoms with Crippen molar-refractivity contribution in [1.29, 1.82) is 0 Å². The van der Waals surface area contributed by atoms with Crippen LogP contribution in [0.1, 0.15) is 499 Å². The maximum absolute atomic E-state index is 8.93. The Morgan fingerprint density at radius 3 is 0.649 bits per heavy atom. The van der Waals surface area contributed by atoms with Gasteiger partial charge in [0.1, 0.15) is 0 Å². The van der Waals surface area contributed by atoms with E-state index in [4.69, 9.17) is 4.11 Å². The molecule has 7 aromatic carbocycles. The molecule has 0 aliphatic carbocycles. The van der Waals surface area contributed by atoms with Crippen LogP contribution in [0.5, 0.6) is 0 Å². The monoisotopic (exact) mass is 1560 g/mol. The van der Waals surface area contributed by atoms with E-state index in [1.807, 2.05) is 0 Å². The molecule has 0 atom stereocenters. The maximum Gasteiger partial charge on any atom is 0.0352 e. The van der Waals surface area contributed by atoms with Crippen LogP contribution in [0.2, 0.25) is 0 Å². The summed E-state index contributed by atoms with van der Waals surface area (Å²) in [6, 6.07) is 55.6. The van der Waals surface area contributed by atoms with E-state index in [0.29, 0.717) is 0 Å². The van der Waals surface area contributed by atoms with E-state index in [1.54, 1.807) is 5.56 Å². The molecule has 0 N–H and O–H groups in total. The van der Waals surface area contributed by atoms with Crippen LogP contribution in [-0.2, 0) is 70.4 Å². The number of hydrogen-bond acceptors (Lipinski definition) is 0. The molecule has 7 aromatic rings. The molecule has 0 unspecified atom stereocenters. The van der Waals surface area contributed by atoms with E-state index in [-0.39, 0.29) is 70.4 Å². The molecule has 0 heterocycles. The molecular weight excluding hydrogens is 1370 g/mol. The number of benzene rings is 7. The largest absolute Gasteiger partial charge is 0.0648 e. The fourth-order valence-electron chi connectivity index (χ4n) is 15.0. The van der Waals surface area contributed by atoms with E-state index in [9.17, 15) is 0 Å². The molecule has 0 nitrogen and oxygen atoms in total. The van der Waals surface area contributed by atoms with Crippen molar-refractivity contribution in [2.75, 3.05) is 0 Å². The summed E-state index contributed by atoms with van der Waals surface area (Å²) in [5.74, 6) is -0.813. The van der Waals surface area contributed by atoms with E-state index in [2.05, 4.69) is 477 Å². The van der Waals surface area contributed by atoms with Crippen LogP contribution < -0.4 is 0 Å². The Morgan fingerprint density at radius 1 is 0.184 bits per heavy atom. The van der Waals surface area contributed by atoms with Crippen molar-refractivity contribution in [3.63, 3.8) is 0 Å². The molecular formula is C114H186. The molecule has 0 aromatic heterocycles. The molecule has 0 heteroatoms. The summed E-state index contributed by atoms with van der Waals surface area (Å²) in [5.41, 5.74) is 26.1. The van der Waals surface area contributed by atoms with E-state index in [1.165, 1.54) is 90.7 Å². The van der Waals surface area contributed by atoms with Gasteiger partial charge in [-0.25, -0.2) is 0 Å². The molecule has 7 rings (SSSR count). The topological polar surface area (TPSA) is 0 Å². The van der Waals surface area contributed by atoms with Crippen molar-refractivity contribution in [2.45, 2.75) is 471 Å². The van der Waals surface area contributed by atoms with Gasteiger partial charge >= 0.3 is 0 Å². The molecule has 0 bridgehead atoms. The summed E-state index contributed by atoms with van der Waals surface area (Å²) in [4.78, 5) is 0. The minimum Gasteiger partial charge on any atom is -0.0648 e. The summed E-state index contributed by atoms with van der Waals surface area (Å²) in [6.07, 6.45) is 7.44. The fraction of sp³-hybridized carbons (Fsp3) is 0.632. The van der Waals surface area contributed by atoms with Gasteiger partial charge in [0.15, 0.2) is 0 Å². The second-order valence-corrected chi connectivity index (χ2v) is 46.2. The Balaban J connectivity index is 0.000000686. The second kappa shape index (κ2) is 43.0. The van der Waals surface area contributed by atoms with Crippen LogP contribution in [0.3, 0.4) is 0 Å². The zero-order valence-corrected chi connectivity index (χ0v) is 84.2. The maximum atomic E-state index is 8.93. The lowest BCUT2D eigenvalue weighted by Gasteiger charge is -2.32. The molecule has 642 valence electrons. The summed E-state index contributed by atoms with van der Waals surface area (Å²) < 4.78 is 26.4. The first kappa shape index (κ1) is 101. The summed E-state index contributed by atoms with van der Waals surface area (Å²) >= 11 is 0. The average molecular weight is 1560 g/mol. The number of rotatable bonds is 12. The summed E-state index contributed by atoms with van der Waals surface area (Å²) in [5, 5.41) is 0. The van der Waals surface area contributed by atoms with Crippen LogP contribution in [0.15, 0.2) is 152 Å². The molecule has 0 saturated carbocycles. The van der Waals surface area contributed by atoms with Gasteiger partial charge in [0.05, 0.1) is 0 Å². The van der Waals surface area contributed by atoms with Gasteiger partial charge in [-0.2, -0.15) is 0 Å². The lowest BCUT2D eigenvalue weighted by atomic mass is 9.73. The molecule has 0 fully saturated rings. The third-order valence-electron chi connectivity index (χ3n) is 22.6. The normalized spacial score (nSPS) is 13.6. The first-order valence-electron chi connectivity index (χ1n) is 46.4. The highest BCUT2D eigenvalue weighted by Crippen LogP contribution is 2.43. The third kappa shape index (κ3) is 34.1. The smallest absolute Gasteiger partial charge is 0.0352 e. The molecule has 0 aliphatic rings. The lowest BCUT2D eigenvalue weighted by molar-refractivity contribution is 0.523. The predicted molar refractivity (Wildman–Crippen MR) is 521 cm³/mol. The highest BCUT2D eigenvalue weighted by atomic mass is 14.4. The fourth-order valence-corrected chi connectivity index (χ4v) is 15.0. The van der Waals surface area contributed by atoms with Crippen LogP contribution in [0.4, 0.5) is 0 Å². The Hall–Kier alpha value is -5.46. The van der Waals surface area contributed by atoms with Crippen LogP contribution >= 0.6 is 0 Å². The van der Waals surface area contributed by atoms with Crippen molar-refractivity contribution >= 4 is 0 Å². The van der Waals surface area contributed by atoms with Crippen LogP contribution in [-0.4, -0.2) is 0 Å². The molecule has 0 amide bonds. The zero-order chi connectivity index (χ0) is 91.7. The van der Waals surface area contributed by atoms with E-state index >= 15 is 0 Å². The van der Waals surface area contributed by atoms with Gasteiger partial charge in [-0.1, -0.05) is 477 Å². The van der Waals surface area contributed by atoms with Gasteiger partial charge in [0.25, 0.3) is 0 Å². The summed E-state index contributed by atoms with van der Waals surface area (Å²) in [6.45, 7) is 106. The van der Waals surface area contributed by atoms with Gasteiger partial charge in [-0.05, 0) is 240 Å². The molecule has 0 radical (unpaired) electrons. The van der Waals surface area contributed by atoms with E-state index in [0.717, 1.165) is 55.6 Å². The first-order chi connectivity index (χ1) is 52.5. The molecule has 0 spiro atoms. The SMILES string of the molecule is CC(C)(C)c1cc(C(C)(C)C)cc(C(C)(C)C)c1.CC(C)(C)c1ccc(C(C)(C)C)c(C(C)(C)C)c1.CC(C)(C)c1ccc(C(C)(C)C)cc1.CC(C)(C)c1ccccc1C(C)(C)C.CCC(CC)c1ccccc1C(C)(C)C.[2H]C(CC)(CC)c1cccc(C([2H])(CC)CC)c1C(C)(C)C.[2H]C(CC)(CC)c1ccccc1C(C)(C)C. The van der Waals surface area contributed by atoms with E-state index < -0.39 is 17.7 Å². The average Bonchev–Trinajstić information content (AvgIpc) is 0.750. The van der Waals surface area contributed by atoms with Crippen molar-refractivity contribution in [3.8, 4) is 0 Å². The molecule has 114 heavy (non-hydrogen) atoms. The van der Waals surface area contributed by atoms with Crippen LogP contribution in [0, 0.1) is 0 Å². The van der Waals surface area contributed by atoms with Crippen molar-refractivity contribution in [1.82, 2.24) is 0 Å².